The van der Waals surface area contributed by atoms with E-state index in [2.05, 4.69) is 4.74 Å². The molecule has 106 valence electrons. The highest BCUT2D eigenvalue weighted by molar-refractivity contribution is 5.74. The highest BCUT2D eigenvalue weighted by Crippen LogP contribution is 2.35. The molecule has 0 heterocycles. The maximum absolute atomic E-state index is 11.2. The summed E-state index contributed by atoms with van der Waals surface area (Å²) in [6, 6.07) is 3.29. The van der Waals surface area contributed by atoms with Crippen LogP contribution in [0.2, 0.25) is 0 Å². The van der Waals surface area contributed by atoms with Crippen LogP contribution in [-0.2, 0) is 16.0 Å². The Morgan fingerprint density at radius 1 is 1.05 bits per heavy atom. The Morgan fingerprint density at radius 2 is 1.58 bits per heavy atom. The third kappa shape index (κ3) is 3.51. The Hall–Kier alpha value is -1.95. The van der Waals surface area contributed by atoms with Crippen molar-refractivity contribution in [3.63, 3.8) is 0 Å². The zero-order valence-corrected chi connectivity index (χ0v) is 11.4. The number of esters is 1. The molecule has 0 saturated carbocycles. The first-order valence-corrected chi connectivity index (χ1v) is 5.62. The fourth-order valence-corrected chi connectivity index (χ4v) is 1.68. The number of carbonyl (C=O) groups excluding carboxylic acids is 1. The van der Waals surface area contributed by atoms with E-state index in [4.69, 9.17) is 14.2 Å². The zero-order valence-electron chi connectivity index (χ0n) is 11.4. The number of methoxy groups -OCH3 is 4. The smallest absolute Gasteiger partial charge is 0.335 e. The summed E-state index contributed by atoms with van der Waals surface area (Å²) in [5, 5.41) is 9.68. The summed E-state index contributed by atoms with van der Waals surface area (Å²) >= 11 is 0. The van der Waals surface area contributed by atoms with Crippen LogP contribution in [0.4, 0.5) is 0 Å². The summed E-state index contributed by atoms with van der Waals surface area (Å²) in [6.07, 6.45) is -1.19. The van der Waals surface area contributed by atoms with Crippen LogP contribution in [0.5, 0.6) is 17.2 Å². The van der Waals surface area contributed by atoms with E-state index in [-0.39, 0.29) is 6.42 Å². The summed E-state index contributed by atoms with van der Waals surface area (Å²) in [5.41, 5.74) is 0.623. The van der Waals surface area contributed by atoms with E-state index in [1.165, 1.54) is 28.4 Å². The minimum Gasteiger partial charge on any atom is -0.496 e. The molecule has 6 heteroatoms. The molecular weight excluding hydrogens is 252 g/mol. The number of hydrogen-bond acceptors (Lipinski definition) is 6. The number of hydrogen-bond donors (Lipinski definition) is 1. The molecule has 0 saturated heterocycles. The summed E-state index contributed by atoms with van der Waals surface area (Å²) in [6.45, 7) is 0. The maximum atomic E-state index is 11.2. The molecule has 1 rings (SSSR count). The second kappa shape index (κ2) is 6.84. The van der Waals surface area contributed by atoms with Gasteiger partial charge in [0.05, 0.1) is 28.4 Å². The molecule has 0 fully saturated rings. The van der Waals surface area contributed by atoms with Gasteiger partial charge < -0.3 is 24.1 Å². The van der Waals surface area contributed by atoms with Crippen LogP contribution in [0, 0.1) is 0 Å². The Labute approximate surface area is 111 Å². The molecule has 1 N–H and O–H groups in total. The Balaban J connectivity index is 3.08. The Kier molecular flexibility index (Phi) is 5.44. The van der Waals surface area contributed by atoms with E-state index in [0.717, 1.165) is 0 Å². The van der Waals surface area contributed by atoms with E-state index >= 15 is 0 Å². The summed E-state index contributed by atoms with van der Waals surface area (Å²) in [5.74, 6) is 0.809. The van der Waals surface area contributed by atoms with Crippen LogP contribution in [0.1, 0.15) is 5.56 Å². The lowest BCUT2D eigenvalue weighted by atomic mass is 10.1. The molecule has 0 aromatic heterocycles. The standard InChI is InChI=1S/C13H18O6/c1-16-10-7-12(18-3)11(17-2)6-8(10)5-9(14)13(15)19-4/h6-7,9,14H,5H2,1-4H3. The average Bonchev–Trinajstić information content (AvgIpc) is 2.45. The Bertz CT molecular complexity index is 443. The first-order chi connectivity index (χ1) is 9.07. The number of ether oxygens (including phenoxy) is 4. The topological polar surface area (TPSA) is 74.2 Å². The first-order valence-electron chi connectivity index (χ1n) is 5.62. The maximum Gasteiger partial charge on any atom is 0.335 e. The van der Waals surface area contributed by atoms with Crippen LogP contribution in [0.25, 0.3) is 0 Å². The van der Waals surface area contributed by atoms with Gasteiger partial charge in [-0.15, -0.1) is 0 Å². The van der Waals surface area contributed by atoms with E-state index in [1.807, 2.05) is 0 Å². The van der Waals surface area contributed by atoms with Gasteiger partial charge in [-0.25, -0.2) is 4.79 Å². The SMILES string of the molecule is COC(=O)C(O)Cc1cc(OC)c(OC)cc1OC. The van der Waals surface area contributed by atoms with Gasteiger partial charge in [-0.1, -0.05) is 0 Å². The van der Waals surface area contributed by atoms with Crippen molar-refractivity contribution in [1.82, 2.24) is 0 Å². The lowest BCUT2D eigenvalue weighted by Crippen LogP contribution is -2.24. The van der Waals surface area contributed by atoms with Crippen molar-refractivity contribution in [1.29, 1.82) is 0 Å². The first kappa shape index (κ1) is 15.1. The number of aliphatic hydroxyl groups is 1. The molecule has 1 atom stereocenters. The van der Waals surface area contributed by atoms with E-state index < -0.39 is 12.1 Å². The second-order valence-electron chi connectivity index (χ2n) is 3.76. The van der Waals surface area contributed by atoms with Gasteiger partial charge in [-0.3, -0.25) is 0 Å². The summed E-state index contributed by atoms with van der Waals surface area (Å²) < 4.78 is 20.0. The van der Waals surface area contributed by atoms with Crippen LogP contribution < -0.4 is 14.2 Å². The highest BCUT2D eigenvalue weighted by atomic mass is 16.5. The third-order valence-corrected chi connectivity index (χ3v) is 2.67. The summed E-state index contributed by atoms with van der Waals surface area (Å²) in [7, 11) is 5.73. The monoisotopic (exact) mass is 270 g/mol. The average molecular weight is 270 g/mol. The molecular formula is C13H18O6. The minimum atomic E-state index is -1.25. The van der Waals surface area contributed by atoms with Gasteiger partial charge >= 0.3 is 5.97 Å². The predicted octanol–water partition coefficient (Wildman–Crippen LogP) is 0.789. The highest BCUT2D eigenvalue weighted by Gasteiger charge is 2.20. The normalized spacial score (nSPS) is 11.6. The van der Waals surface area contributed by atoms with Gasteiger partial charge in [-0.2, -0.15) is 0 Å². The Morgan fingerprint density at radius 3 is 2.05 bits per heavy atom. The molecule has 1 aromatic rings. The van der Waals surface area contributed by atoms with Gasteiger partial charge in [0.25, 0.3) is 0 Å². The van der Waals surface area contributed by atoms with Gasteiger partial charge in [0.1, 0.15) is 5.75 Å². The minimum absolute atomic E-state index is 0.0657. The van der Waals surface area contributed by atoms with Gasteiger partial charge in [0, 0.05) is 18.1 Å². The lowest BCUT2D eigenvalue weighted by Gasteiger charge is -2.15. The summed E-state index contributed by atoms with van der Waals surface area (Å²) in [4.78, 5) is 11.2. The number of rotatable bonds is 6. The molecule has 0 radical (unpaired) electrons. The lowest BCUT2D eigenvalue weighted by molar-refractivity contribution is -0.150. The van der Waals surface area contributed by atoms with Crippen molar-refractivity contribution < 1.29 is 28.8 Å². The third-order valence-electron chi connectivity index (χ3n) is 2.67. The van der Waals surface area contributed by atoms with Crippen LogP contribution in [0.3, 0.4) is 0 Å². The molecule has 19 heavy (non-hydrogen) atoms. The molecule has 0 amide bonds. The molecule has 0 aliphatic heterocycles. The molecule has 6 nitrogen and oxygen atoms in total. The van der Waals surface area contributed by atoms with E-state index in [1.54, 1.807) is 12.1 Å². The quantitative estimate of drug-likeness (QED) is 0.770. The molecule has 0 bridgehead atoms. The number of aliphatic hydroxyl groups excluding tert-OH is 1. The largest absolute Gasteiger partial charge is 0.496 e. The van der Waals surface area contributed by atoms with Crippen LogP contribution in [-0.4, -0.2) is 45.6 Å². The van der Waals surface area contributed by atoms with Crippen molar-refractivity contribution in [2.45, 2.75) is 12.5 Å². The van der Waals surface area contributed by atoms with Crippen molar-refractivity contribution in [2.75, 3.05) is 28.4 Å². The van der Waals surface area contributed by atoms with Gasteiger partial charge in [-0.05, 0) is 6.07 Å². The second-order valence-corrected chi connectivity index (χ2v) is 3.76. The van der Waals surface area contributed by atoms with Crippen LogP contribution >= 0.6 is 0 Å². The van der Waals surface area contributed by atoms with E-state index in [0.29, 0.717) is 22.8 Å². The zero-order chi connectivity index (χ0) is 14.4. The van der Waals surface area contributed by atoms with Gasteiger partial charge in [0.15, 0.2) is 17.6 Å². The van der Waals surface area contributed by atoms with E-state index in [9.17, 15) is 9.90 Å². The van der Waals surface area contributed by atoms with Crippen molar-refractivity contribution in [3.8, 4) is 17.2 Å². The van der Waals surface area contributed by atoms with Gasteiger partial charge in [0.2, 0.25) is 0 Å². The fraction of sp³-hybridized carbons (Fsp3) is 0.462. The number of carbonyl (C=O) groups is 1. The fourth-order valence-electron chi connectivity index (χ4n) is 1.68. The van der Waals surface area contributed by atoms with Crippen molar-refractivity contribution in [2.24, 2.45) is 0 Å². The van der Waals surface area contributed by atoms with Crippen molar-refractivity contribution in [3.05, 3.63) is 17.7 Å². The molecule has 0 aliphatic rings. The van der Waals surface area contributed by atoms with Crippen LogP contribution in [0.15, 0.2) is 12.1 Å². The molecule has 0 spiro atoms. The predicted molar refractivity (Wildman–Crippen MR) is 67.8 cm³/mol. The molecule has 1 unspecified atom stereocenters. The molecule has 1 aromatic carbocycles. The van der Waals surface area contributed by atoms with Crippen molar-refractivity contribution >= 4 is 5.97 Å². The number of benzene rings is 1. The molecule has 0 aliphatic carbocycles.